The molecular formula is C21H26O5. The molecule has 0 saturated carbocycles. The van der Waals surface area contributed by atoms with Crippen LogP contribution in [0.3, 0.4) is 0 Å². The van der Waals surface area contributed by atoms with Gasteiger partial charge in [-0.05, 0) is 37.2 Å². The Morgan fingerprint density at radius 3 is 2.23 bits per heavy atom. The normalized spacial score (nSPS) is 12.0. The first kappa shape index (κ1) is 19.6. The zero-order valence-corrected chi connectivity index (χ0v) is 15.2. The molecule has 26 heavy (non-hydrogen) atoms. The van der Waals surface area contributed by atoms with Crippen molar-refractivity contribution < 1.29 is 24.5 Å². The van der Waals surface area contributed by atoms with Crippen molar-refractivity contribution in [1.29, 1.82) is 0 Å². The molecule has 0 aliphatic carbocycles. The molecule has 1 unspecified atom stereocenters. The van der Waals surface area contributed by atoms with Crippen LogP contribution in [0.5, 0.6) is 17.2 Å². The lowest BCUT2D eigenvalue weighted by atomic mass is 10.00. The van der Waals surface area contributed by atoms with Crippen LogP contribution in [0.25, 0.3) is 0 Å². The topological polar surface area (TPSA) is 76.0 Å². The van der Waals surface area contributed by atoms with Crippen LogP contribution in [-0.4, -0.2) is 22.5 Å². The van der Waals surface area contributed by atoms with Gasteiger partial charge in [0.15, 0.2) is 0 Å². The van der Waals surface area contributed by atoms with E-state index in [1.165, 1.54) is 17.7 Å². The van der Waals surface area contributed by atoms with Crippen molar-refractivity contribution in [3.8, 4) is 17.2 Å². The third-order valence-corrected chi connectivity index (χ3v) is 4.00. The van der Waals surface area contributed by atoms with Gasteiger partial charge in [0.1, 0.15) is 23.4 Å². The summed E-state index contributed by atoms with van der Waals surface area (Å²) in [7, 11) is 0. The molecule has 0 aliphatic heterocycles. The summed E-state index contributed by atoms with van der Waals surface area (Å²) in [5.41, 5.74) is 1.19. The molecular weight excluding hydrogens is 332 g/mol. The summed E-state index contributed by atoms with van der Waals surface area (Å²) in [6.07, 6.45) is 2.12. The second kappa shape index (κ2) is 9.70. The van der Waals surface area contributed by atoms with Crippen molar-refractivity contribution in [3.63, 3.8) is 0 Å². The first-order chi connectivity index (χ1) is 12.4. The lowest BCUT2D eigenvalue weighted by Crippen LogP contribution is -2.22. The Labute approximate surface area is 154 Å². The molecule has 2 aromatic carbocycles. The van der Waals surface area contributed by atoms with Crippen LogP contribution < -0.4 is 4.74 Å². The Hall–Kier alpha value is -2.69. The molecule has 0 aromatic heterocycles. The first-order valence-corrected chi connectivity index (χ1v) is 8.88. The third-order valence-electron chi connectivity index (χ3n) is 4.00. The molecule has 0 radical (unpaired) electrons. The molecule has 2 aromatic rings. The minimum Gasteiger partial charge on any atom is -0.508 e. The van der Waals surface area contributed by atoms with E-state index in [4.69, 9.17) is 9.47 Å². The molecule has 5 nitrogen and oxygen atoms in total. The van der Waals surface area contributed by atoms with Crippen LogP contribution in [0.4, 0.5) is 4.79 Å². The minimum absolute atomic E-state index is 0.0400. The average Bonchev–Trinajstić information content (AvgIpc) is 2.57. The summed E-state index contributed by atoms with van der Waals surface area (Å²) >= 11 is 0. The van der Waals surface area contributed by atoms with Crippen molar-refractivity contribution in [2.24, 2.45) is 5.92 Å². The number of hydrogen-bond donors (Lipinski definition) is 2. The summed E-state index contributed by atoms with van der Waals surface area (Å²) < 4.78 is 10.6. The van der Waals surface area contributed by atoms with Gasteiger partial charge in [0.25, 0.3) is 0 Å². The van der Waals surface area contributed by atoms with Gasteiger partial charge in [-0.2, -0.15) is 0 Å². The van der Waals surface area contributed by atoms with Gasteiger partial charge in [-0.1, -0.05) is 44.2 Å². The van der Waals surface area contributed by atoms with Crippen LogP contribution in [0.15, 0.2) is 48.5 Å². The van der Waals surface area contributed by atoms with Gasteiger partial charge in [-0.15, -0.1) is 0 Å². The number of benzene rings is 2. The van der Waals surface area contributed by atoms with Crippen LogP contribution >= 0.6 is 0 Å². The SMILES string of the molecule is CC(C)CCC(CCc1ccccc1)OC(=O)Oc1cc(O)cc(O)c1. The van der Waals surface area contributed by atoms with Crippen molar-refractivity contribution >= 4 is 6.16 Å². The Morgan fingerprint density at radius 1 is 0.962 bits per heavy atom. The van der Waals surface area contributed by atoms with Gasteiger partial charge in [0.05, 0.1) is 0 Å². The van der Waals surface area contributed by atoms with Crippen LogP contribution in [-0.2, 0) is 11.2 Å². The number of carbonyl (C=O) groups excluding carboxylic acids is 1. The predicted molar refractivity (Wildman–Crippen MR) is 99.5 cm³/mol. The fourth-order valence-corrected chi connectivity index (χ4v) is 2.64. The van der Waals surface area contributed by atoms with E-state index in [-0.39, 0.29) is 23.4 Å². The summed E-state index contributed by atoms with van der Waals surface area (Å²) in [6, 6.07) is 13.7. The van der Waals surface area contributed by atoms with Crippen molar-refractivity contribution in [2.45, 2.75) is 45.6 Å². The highest BCUT2D eigenvalue weighted by molar-refractivity contribution is 5.64. The molecule has 1 atom stereocenters. The number of rotatable bonds is 8. The number of aromatic hydroxyl groups is 2. The van der Waals surface area contributed by atoms with Gasteiger partial charge in [-0.3, -0.25) is 0 Å². The van der Waals surface area contributed by atoms with Crippen LogP contribution in [0.1, 0.15) is 38.7 Å². The van der Waals surface area contributed by atoms with E-state index in [9.17, 15) is 15.0 Å². The monoisotopic (exact) mass is 358 g/mol. The molecule has 0 spiro atoms. The minimum atomic E-state index is -0.836. The highest BCUT2D eigenvalue weighted by Crippen LogP contribution is 2.26. The van der Waals surface area contributed by atoms with E-state index in [0.29, 0.717) is 12.3 Å². The molecule has 2 rings (SSSR count). The highest BCUT2D eigenvalue weighted by atomic mass is 16.7. The van der Waals surface area contributed by atoms with E-state index in [1.54, 1.807) is 0 Å². The second-order valence-corrected chi connectivity index (χ2v) is 6.77. The molecule has 2 N–H and O–H groups in total. The maximum Gasteiger partial charge on any atom is 0.514 e. The number of carbonyl (C=O) groups is 1. The molecule has 0 heterocycles. The summed E-state index contributed by atoms with van der Waals surface area (Å²) in [4.78, 5) is 12.1. The zero-order valence-electron chi connectivity index (χ0n) is 15.2. The highest BCUT2D eigenvalue weighted by Gasteiger charge is 2.17. The standard InChI is InChI=1S/C21H26O5/c1-15(2)8-10-19(11-9-16-6-4-3-5-7-16)25-21(24)26-20-13-17(22)12-18(23)14-20/h3-7,12-15,19,22-23H,8-11H2,1-2H3. The van der Waals surface area contributed by atoms with E-state index >= 15 is 0 Å². The predicted octanol–water partition coefficient (Wildman–Crippen LogP) is 5.05. The quantitative estimate of drug-likeness (QED) is 0.510. The lowest BCUT2D eigenvalue weighted by Gasteiger charge is -2.18. The number of ether oxygens (including phenoxy) is 2. The van der Waals surface area contributed by atoms with E-state index in [2.05, 4.69) is 13.8 Å². The van der Waals surface area contributed by atoms with E-state index in [1.807, 2.05) is 30.3 Å². The summed E-state index contributed by atoms with van der Waals surface area (Å²) in [5, 5.41) is 18.9. The van der Waals surface area contributed by atoms with Crippen molar-refractivity contribution in [1.82, 2.24) is 0 Å². The maximum absolute atomic E-state index is 12.1. The van der Waals surface area contributed by atoms with Crippen LogP contribution in [0, 0.1) is 5.92 Å². The van der Waals surface area contributed by atoms with Crippen molar-refractivity contribution in [2.75, 3.05) is 0 Å². The fraction of sp³-hybridized carbons (Fsp3) is 0.381. The summed E-state index contributed by atoms with van der Waals surface area (Å²) in [5.74, 6) is 0.177. The Bertz CT molecular complexity index is 677. The largest absolute Gasteiger partial charge is 0.514 e. The van der Waals surface area contributed by atoms with Crippen molar-refractivity contribution in [3.05, 3.63) is 54.1 Å². The van der Waals surface area contributed by atoms with E-state index < -0.39 is 6.16 Å². The fourth-order valence-electron chi connectivity index (χ4n) is 2.64. The maximum atomic E-state index is 12.1. The Balaban J connectivity index is 1.94. The van der Waals surface area contributed by atoms with Gasteiger partial charge in [-0.25, -0.2) is 4.79 Å². The second-order valence-electron chi connectivity index (χ2n) is 6.77. The molecule has 0 fully saturated rings. The summed E-state index contributed by atoms with van der Waals surface area (Å²) in [6.45, 7) is 4.25. The van der Waals surface area contributed by atoms with Gasteiger partial charge in [0.2, 0.25) is 0 Å². The Kier molecular flexibility index (Phi) is 7.33. The van der Waals surface area contributed by atoms with E-state index in [0.717, 1.165) is 25.3 Å². The van der Waals surface area contributed by atoms with Gasteiger partial charge in [0, 0.05) is 18.2 Å². The molecule has 140 valence electrons. The number of phenols is 2. The number of phenolic OH excluding ortho intramolecular Hbond substituents is 2. The first-order valence-electron chi connectivity index (χ1n) is 8.88. The molecule has 0 saturated heterocycles. The molecule has 0 aliphatic rings. The average molecular weight is 358 g/mol. The van der Waals surface area contributed by atoms with Crippen LogP contribution in [0.2, 0.25) is 0 Å². The smallest absolute Gasteiger partial charge is 0.508 e. The molecule has 5 heteroatoms. The Morgan fingerprint density at radius 2 is 1.62 bits per heavy atom. The zero-order chi connectivity index (χ0) is 18.9. The number of aryl methyl sites for hydroxylation is 1. The number of hydrogen-bond acceptors (Lipinski definition) is 5. The van der Waals surface area contributed by atoms with Gasteiger partial charge >= 0.3 is 6.16 Å². The molecule has 0 bridgehead atoms. The lowest BCUT2D eigenvalue weighted by molar-refractivity contribution is 0.0484. The van der Waals surface area contributed by atoms with Gasteiger partial charge < -0.3 is 19.7 Å². The third kappa shape index (κ3) is 7.05. The molecule has 0 amide bonds.